The molecule has 26 heavy (non-hydrogen) atoms. The number of rotatable bonds is 3. The SMILES string of the molecule is CN1CC(=O)C(c2nn(C)c(=O)n(Cc3ccc(F)cc3F)c2=O)C=N1. The Bertz CT molecular complexity index is 1030. The van der Waals surface area contributed by atoms with Crippen molar-refractivity contribution < 1.29 is 13.6 Å². The monoisotopic (exact) mass is 363 g/mol. The minimum absolute atomic E-state index is 0.00226. The third-order valence-electron chi connectivity index (χ3n) is 4.01. The number of aryl methyl sites for hydroxylation is 1. The molecule has 0 bridgehead atoms. The number of hydrazone groups is 1. The van der Waals surface area contributed by atoms with Gasteiger partial charge in [0.25, 0.3) is 5.56 Å². The van der Waals surface area contributed by atoms with Gasteiger partial charge >= 0.3 is 5.69 Å². The van der Waals surface area contributed by atoms with Crippen LogP contribution in [0.3, 0.4) is 0 Å². The molecule has 10 heteroatoms. The second kappa shape index (κ2) is 6.62. The molecule has 1 aromatic heterocycles. The zero-order chi connectivity index (χ0) is 19.0. The molecule has 3 rings (SSSR count). The summed E-state index contributed by atoms with van der Waals surface area (Å²) in [4.78, 5) is 37.2. The van der Waals surface area contributed by atoms with Crippen molar-refractivity contribution in [1.82, 2.24) is 19.4 Å². The number of ketones is 1. The van der Waals surface area contributed by atoms with Gasteiger partial charge in [-0.1, -0.05) is 6.07 Å². The summed E-state index contributed by atoms with van der Waals surface area (Å²) < 4.78 is 28.6. The molecule has 0 amide bonds. The topological polar surface area (TPSA) is 89.6 Å². The van der Waals surface area contributed by atoms with Crippen LogP contribution in [0.1, 0.15) is 17.2 Å². The number of halogens is 2. The molecule has 0 N–H and O–H groups in total. The number of Topliss-reactive ketones (excluding diaryl/α,β-unsaturated/α-hetero) is 1. The molecule has 8 nitrogen and oxygen atoms in total. The zero-order valence-corrected chi connectivity index (χ0v) is 14.0. The number of nitrogens with zero attached hydrogens (tertiary/aromatic N) is 5. The Kier molecular flexibility index (Phi) is 4.49. The molecule has 136 valence electrons. The summed E-state index contributed by atoms with van der Waals surface area (Å²) in [6, 6.07) is 2.85. The average molecular weight is 363 g/mol. The first-order valence-corrected chi connectivity index (χ1v) is 7.68. The standard InChI is InChI=1S/C16H15F2N5O3/c1-21-8-13(24)11(6-19-21)14-15(25)23(16(26)22(2)20-14)7-9-3-4-10(17)5-12(9)18/h3-6,11H,7-8H2,1-2H3. The fraction of sp³-hybridized carbons (Fsp3) is 0.312. The van der Waals surface area contributed by atoms with Crippen molar-refractivity contribution >= 4 is 12.0 Å². The summed E-state index contributed by atoms with van der Waals surface area (Å²) in [5.41, 5.74) is -1.80. The summed E-state index contributed by atoms with van der Waals surface area (Å²) in [5, 5.41) is 9.29. The van der Waals surface area contributed by atoms with Gasteiger partial charge in [-0.25, -0.2) is 18.3 Å². The fourth-order valence-electron chi connectivity index (χ4n) is 2.65. The maximum absolute atomic E-state index is 13.9. The first-order valence-electron chi connectivity index (χ1n) is 7.68. The Morgan fingerprint density at radius 1 is 1.19 bits per heavy atom. The van der Waals surface area contributed by atoms with Gasteiger partial charge in [-0.05, 0) is 6.07 Å². The Morgan fingerprint density at radius 3 is 2.58 bits per heavy atom. The van der Waals surface area contributed by atoms with E-state index in [1.54, 1.807) is 7.05 Å². The summed E-state index contributed by atoms with van der Waals surface area (Å²) in [5.74, 6) is -2.94. The van der Waals surface area contributed by atoms with Crippen molar-refractivity contribution in [2.24, 2.45) is 12.1 Å². The van der Waals surface area contributed by atoms with Gasteiger partial charge in [-0.3, -0.25) is 19.2 Å². The highest BCUT2D eigenvalue weighted by Crippen LogP contribution is 2.14. The Hall–Kier alpha value is -3.17. The summed E-state index contributed by atoms with van der Waals surface area (Å²) in [6.45, 7) is -0.414. The molecule has 0 fully saturated rings. The zero-order valence-electron chi connectivity index (χ0n) is 14.0. The minimum Gasteiger partial charge on any atom is -0.296 e. The van der Waals surface area contributed by atoms with Crippen molar-refractivity contribution in [1.29, 1.82) is 0 Å². The van der Waals surface area contributed by atoms with Crippen molar-refractivity contribution in [3.63, 3.8) is 0 Å². The van der Waals surface area contributed by atoms with Gasteiger partial charge in [0.05, 0.1) is 13.1 Å². The lowest BCUT2D eigenvalue weighted by Crippen LogP contribution is -2.45. The van der Waals surface area contributed by atoms with Gasteiger partial charge in [0, 0.05) is 31.9 Å². The van der Waals surface area contributed by atoms with E-state index in [-0.39, 0.29) is 23.6 Å². The third-order valence-corrected chi connectivity index (χ3v) is 4.01. The second-order valence-electron chi connectivity index (χ2n) is 5.94. The van der Waals surface area contributed by atoms with Crippen LogP contribution in [0.25, 0.3) is 0 Å². The maximum atomic E-state index is 13.9. The normalized spacial score (nSPS) is 17.0. The van der Waals surface area contributed by atoms with Crippen molar-refractivity contribution in [2.75, 3.05) is 13.6 Å². The largest absolute Gasteiger partial charge is 0.347 e. The van der Waals surface area contributed by atoms with E-state index in [0.717, 1.165) is 21.4 Å². The van der Waals surface area contributed by atoms with E-state index in [4.69, 9.17) is 0 Å². The predicted molar refractivity (Wildman–Crippen MR) is 88.1 cm³/mol. The van der Waals surface area contributed by atoms with Crippen molar-refractivity contribution in [2.45, 2.75) is 12.5 Å². The van der Waals surface area contributed by atoms with Crippen molar-refractivity contribution in [3.05, 3.63) is 61.9 Å². The lowest BCUT2D eigenvalue weighted by molar-refractivity contribution is -0.120. The van der Waals surface area contributed by atoms with Gasteiger partial charge in [0.2, 0.25) is 0 Å². The number of hydrogen-bond donors (Lipinski definition) is 0. The van der Waals surface area contributed by atoms with Crippen LogP contribution in [0.2, 0.25) is 0 Å². The number of hydrogen-bond acceptors (Lipinski definition) is 6. The summed E-state index contributed by atoms with van der Waals surface area (Å²) >= 11 is 0. The summed E-state index contributed by atoms with van der Waals surface area (Å²) in [7, 11) is 2.92. The molecule has 0 radical (unpaired) electrons. The smallest absolute Gasteiger partial charge is 0.296 e. The van der Waals surface area contributed by atoms with Crippen LogP contribution in [0.4, 0.5) is 8.78 Å². The van der Waals surface area contributed by atoms with E-state index >= 15 is 0 Å². The molecule has 1 unspecified atom stereocenters. The number of likely N-dealkylation sites (N-methyl/N-ethyl adjacent to an activating group) is 1. The maximum Gasteiger partial charge on any atom is 0.347 e. The summed E-state index contributed by atoms with van der Waals surface area (Å²) in [6.07, 6.45) is 1.28. The first-order chi connectivity index (χ1) is 12.3. The molecule has 2 aromatic rings. The fourth-order valence-corrected chi connectivity index (χ4v) is 2.65. The van der Waals surface area contributed by atoms with Crippen LogP contribution in [-0.4, -0.2) is 44.9 Å². The van der Waals surface area contributed by atoms with E-state index in [1.165, 1.54) is 18.3 Å². The van der Waals surface area contributed by atoms with Gasteiger partial charge in [-0.15, -0.1) is 0 Å². The Balaban J connectivity index is 2.10. The van der Waals surface area contributed by atoms with Crippen LogP contribution in [0.5, 0.6) is 0 Å². The highest BCUT2D eigenvalue weighted by molar-refractivity contribution is 6.02. The molecule has 1 aliphatic rings. The lowest BCUT2D eigenvalue weighted by atomic mass is 10.0. The second-order valence-corrected chi connectivity index (χ2v) is 5.94. The number of carbonyl (C=O) groups is 1. The average Bonchev–Trinajstić information content (AvgIpc) is 2.57. The van der Waals surface area contributed by atoms with Gasteiger partial charge in [-0.2, -0.15) is 10.2 Å². The molecule has 0 spiro atoms. The van der Waals surface area contributed by atoms with Gasteiger partial charge in [0.1, 0.15) is 23.2 Å². The van der Waals surface area contributed by atoms with E-state index in [1.807, 2.05) is 0 Å². The van der Waals surface area contributed by atoms with Gasteiger partial charge < -0.3 is 0 Å². The Labute approximate surface area is 146 Å². The quantitative estimate of drug-likeness (QED) is 0.757. The van der Waals surface area contributed by atoms with Crippen LogP contribution in [0, 0.1) is 11.6 Å². The lowest BCUT2D eigenvalue weighted by Gasteiger charge is -2.21. The van der Waals surface area contributed by atoms with E-state index in [0.29, 0.717) is 6.07 Å². The highest BCUT2D eigenvalue weighted by Gasteiger charge is 2.29. The minimum atomic E-state index is -0.991. The Morgan fingerprint density at radius 2 is 1.92 bits per heavy atom. The number of carbonyl (C=O) groups excluding carboxylic acids is 1. The van der Waals surface area contributed by atoms with E-state index in [2.05, 4.69) is 10.2 Å². The van der Waals surface area contributed by atoms with Crippen LogP contribution >= 0.6 is 0 Å². The molecule has 0 saturated heterocycles. The first kappa shape index (κ1) is 17.6. The molecular formula is C16H15F2N5O3. The van der Waals surface area contributed by atoms with Crippen molar-refractivity contribution in [3.8, 4) is 0 Å². The third kappa shape index (κ3) is 3.17. The van der Waals surface area contributed by atoms with Crippen LogP contribution in [-0.2, 0) is 18.4 Å². The predicted octanol–water partition coefficient (Wildman–Crippen LogP) is -0.148. The molecule has 1 atom stereocenters. The molecule has 1 aliphatic heterocycles. The molecule has 2 heterocycles. The number of benzene rings is 1. The molecule has 1 aromatic carbocycles. The molecule has 0 saturated carbocycles. The van der Waals surface area contributed by atoms with E-state index in [9.17, 15) is 23.2 Å². The van der Waals surface area contributed by atoms with Gasteiger partial charge in [0.15, 0.2) is 5.78 Å². The number of aromatic nitrogens is 3. The van der Waals surface area contributed by atoms with Crippen LogP contribution < -0.4 is 11.2 Å². The molecular weight excluding hydrogens is 348 g/mol. The highest BCUT2D eigenvalue weighted by atomic mass is 19.1. The van der Waals surface area contributed by atoms with Crippen LogP contribution in [0.15, 0.2) is 32.9 Å². The van der Waals surface area contributed by atoms with E-state index < -0.39 is 35.3 Å². The molecule has 0 aliphatic carbocycles.